The third-order valence-corrected chi connectivity index (χ3v) is 5.17. The van der Waals surface area contributed by atoms with Crippen molar-refractivity contribution in [2.75, 3.05) is 18.9 Å². The number of hydrogen-bond donors (Lipinski definition) is 1. The van der Waals surface area contributed by atoms with Crippen LogP contribution in [0.3, 0.4) is 0 Å². The molecule has 0 unspecified atom stereocenters. The quantitative estimate of drug-likeness (QED) is 0.462. The van der Waals surface area contributed by atoms with Crippen LogP contribution in [0.4, 0.5) is 5.82 Å². The van der Waals surface area contributed by atoms with E-state index in [4.69, 9.17) is 19.9 Å². The van der Waals surface area contributed by atoms with E-state index >= 15 is 0 Å². The lowest BCUT2D eigenvalue weighted by atomic mass is 10.0. The number of benzene rings is 1. The number of carbonyl (C=O) groups is 2. The van der Waals surface area contributed by atoms with Crippen LogP contribution < -0.4 is 26.5 Å². The Balaban J connectivity index is 1.67. The molecule has 2 N–H and O–H groups in total. The van der Waals surface area contributed by atoms with Gasteiger partial charge in [-0.15, -0.1) is 0 Å². The van der Waals surface area contributed by atoms with Gasteiger partial charge in [0.05, 0.1) is 0 Å². The number of fused-ring (bicyclic) bond motifs is 1. The molecule has 178 valence electrons. The number of carbonyl (C=O) groups excluding carboxylic acids is 2. The molecular formula is C23H29N3O7. The van der Waals surface area contributed by atoms with Gasteiger partial charge in [0.1, 0.15) is 17.0 Å². The van der Waals surface area contributed by atoms with Crippen molar-refractivity contribution in [3.8, 4) is 11.5 Å². The lowest BCUT2D eigenvalue weighted by Crippen LogP contribution is -2.43. The third kappa shape index (κ3) is 5.10. The predicted molar refractivity (Wildman–Crippen MR) is 121 cm³/mol. The van der Waals surface area contributed by atoms with Gasteiger partial charge in [-0.2, -0.15) is 0 Å². The molecular weight excluding hydrogens is 430 g/mol. The molecule has 0 bridgehead atoms. The Morgan fingerprint density at radius 2 is 1.91 bits per heavy atom. The largest absolute Gasteiger partial charge is 0.483 e. The molecule has 0 fully saturated rings. The highest BCUT2D eigenvalue weighted by Crippen LogP contribution is 2.41. The van der Waals surface area contributed by atoms with Crippen molar-refractivity contribution in [1.29, 1.82) is 0 Å². The van der Waals surface area contributed by atoms with Crippen LogP contribution in [0.2, 0.25) is 0 Å². The zero-order valence-corrected chi connectivity index (χ0v) is 19.5. The van der Waals surface area contributed by atoms with Gasteiger partial charge in [0.15, 0.2) is 24.7 Å². The minimum atomic E-state index is -0.839. The molecule has 33 heavy (non-hydrogen) atoms. The number of para-hydroxylation sites is 1. The average molecular weight is 459 g/mol. The van der Waals surface area contributed by atoms with Crippen LogP contribution in [0, 0.1) is 5.92 Å². The number of Topliss-reactive ketones (excluding diaryl/α,β-unsaturated/α-hetero) is 1. The first-order valence-electron chi connectivity index (χ1n) is 10.6. The number of nitrogens with two attached hydrogens (primary N) is 1. The molecule has 1 aliphatic rings. The van der Waals surface area contributed by atoms with Crippen LogP contribution in [-0.2, 0) is 29.5 Å². The minimum absolute atomic E-state index is 0.0504. The maximum absolute atomic E-state index is 12.6. The number of nitrogen functional groups attached to an aromatic ring is 1. The van der Waals surface area contributed by atoms with Crippen molar-refractivity contribution in [3.63, 3.8) is 0 Å². The first-order valence-corrected chi connectivity index (χ1v) is 10.6. The monoisotopic (exact) mass is 459 g/mol. The fourth-order valence-electron chi connectivity index (χ4n) is 3.68. The van der Waals surface area contributed by atoms with E-state index in [1.54, 1.807) is 12.1 Å². The number of ether oxygens (including phenoxy) is 3. The smallest absolute Gasteiger partial charge is 0.344 e. The van der Waals surface area contributed by atoms with Gasteiger partial charge in [-0.3, -0.25) is 18.7 Å². The maximum Gasteiger partial charge on any atom is 0.344 e. The fraction of sp³-hybridized carbons (Fsp3) is 0.478. The van der Waals surface area contributed by atoms with Crippen molar-refractivity contribution in [1.82, 2.24) is 9.13 Å². The van der Waals surface area contributed by atoms with E-state index in [-0.39, 0.29) is 29.4 Å². The Morgan fingerprint density at radius 1 is 1.21 bits per heavy atom. The molecule has 0 amide bonds. The zero-order chi connectivity index (χ0) is 24.5. The molecule has 10 nitrogen and oxygen atoms in total. The highest BCUT2D eigenvalue weighted by atomic mass is 16.6. The minimum Gasteiger partial charge on any atom is -0.483 e. The van der Waals surface area contributed by atoms with Crippen LogP contribution in [0.5, 0.6) is 11.5 Å². The van der Waals surface area contributed by atoms with Crippen LogP contribution in [0.1, 0.15) is 43.6 Å². The summed E-state index contributed by atoms with van der Waals surface area (Å²) in [6.45, 7) is 6.72. The summed E-state index contributed by atoms with van der Waals surface area (Å²) >= 11 is 0. The lowest BCUT2D eigenvalue weighted by Gasteiger charge is -2.18. The van der Waals surface area contributed by atoms with E-state index in [2.05, 4.69) is 0 Å². The number of rotatable bonds is 8. The molecule has 0 radical (unpaired) electrons. The molecule has 2 heterocycles. The van der Waals surface area contributed by atoms with Crippen molar-refractivity contribution in [2.45, 2.75) is 46.3 Å². The normalized spacial score (nSPS) is 14.0. The molecule has 0 saturated carbocycles. The number of anilines is 1. The van der Waals surface area contributed by atoms with Gasteiger partial charge in [0.2, 0.25) is 5.78 Å². The molecule has 10 heteroatoms. The highest BCUT2D eigenvalue weighted by molar-refractivity contribution is 6.01. The Bertz CT molecular complexity index is 1210. The van der Waals surface area contributed by atoms with Gasteiger partial charge in [0.25, 0.3) is 5.56 Å². The summed E-state index contributed by atoms with van der Waals surface area (Å²) in [5.74, 6) is -0.813. The van der Waals surface area contributed by atoms with E-state index in [1.807, 2.05) is 33.8 Å². The van der Waals surface area contributed by atoms with Gasteiger partial charge in [-0.1, -0.05) is 26.0 Å². The molecule has 1 aromatic heterocycles. The SMILES string of the molecule is CC(C)Cn1c(N)c(C(=O)COC(=O)COc2cccc3c2OC(C)(C)C3)c(=O)n(C)c1=O. The Morgan fingerprint density at radius 3 is 2.58 bits per heavy atom. The van der Waals surface area contributed by atoms with Gasteiger partial charge in [0, 0.05) is 25.6 Å². The van der Waals surface area contributed by atoms with Crippen molar-refractivity contribution >= 4 is 17.6 Å². The first-order chi connectivity index (χ1) is 15.4. The summed E-state index contributed by atoms with van der Waals surface area (Å²) < 4.78 is 18.4. The van der Waals surface area contributed by atoms with Gasteiger partial charge >= 0.3 is 11.7 Å². The van der Waals surface area contributed by atoms with Crippen LogP contribution in [0.25, 0.3) is 0 Å². The number of ketones is 1. The Hall–Kier alpha value is -3.56. The Kier molecular flexibility index (Phi) is 6.66. The predicted octanol–water partition coefficient (Wildman–Crippen LogP) is 1.30. The molecule has 0 saturated heterocycles. The second kappa shape index (κ2) is 9.13. The van der Waals surface area contributed by atoms with Gasteiger partial charge in [-0.05, 0) is 25.8 Å². The van der Waals surface area contributed by atoms with E-state index in [0.717, 1.165) is 10.1 Å². The topological polar surface area (TPSA) is 132 Å². The van der Waals surface area contributed by atoms with E-state index in [0.29, 0.717) is 17.9 Å². The molecule has 1 aliphatic heterocycles. The summed E-state index contributed by atoms with van der Waals surface area (Å²) in [7, 11) is 1.26. The van der Waals surface area contributed by atoms with Gasteiger partial charge < -0.3 is 19.9 Å². The molecule has 3 rings (SSSR count). The molecule has 1 aromatic carbocycles. The lowest BCUT2D eigenvalue weighted by molar-refractivity contribution is -0.144. The van der Waals surface area contributed by atoms with Crippen LogP contribution in [-0.4, -0.2) is 39.7 Å². The second-order valence-corrected chi connectivity index (χ2v) is 9.07. The van der Waals surface area contributed by atoms with Crippen molar-refractivity contribution in [3.05, 3.63) is 50.2 Å². The third-order valence-electron chi connectivity index (χ3n) is 5.17. The maximum atomic E-state index is 12.6. The van der Waals surface area contributed by atoms with Crippen molar-refractivity contribution < 1.29 is 23.8 Å². The van der Waals surface area contributed by atoms with E-state index in [9.17, 15) is 19.2 Å². The molecule has 0 aliphatic carbocycles. The molecule has 0 atom stereocenters. The molecule has 2 aromatic rings. The zero-order valence-electron chi connectivity index (χ0n) is 19.5. The fourth-order valence-corrected chi connectivity index (χ4v) is 3.68. The summed E-state index contributed by atoms with van der Waals surface area (Å²) in [5.41, 5.74) is 4.73. The first kappa shape index (κ1) is 24.1. The average Bonchev–Trinajstić information content (AvgIpc) is 3.06. The van der Waals surface area contributed by atoms with E-state index in [1.165, 1.54) is 11.6 Å². The highest BCUT2D eigenvalue weighted by Gasteiger charge is 2.32. The number of nitrogens with zero attached hydrogens (tertiary/aromatic N) is 2. The van der Waals surface area contributed by atoms with Crippen LogP contribution >= 0.6 is 0 Å². The van der Waals surface area contributed by atoms with Gasteiger partial charge in [-0.25, -0.2) is 9.59 Å². The number of esters is 1. The number of aromatic nitrogens is 2. The van der Waals surface area contributed by atoms with E-state index < -0.39 is 36.2 Å². The summed E-state index contributed by atoms with van der Waals surface area (Å²) in [6.07, 6.45) is 0.716. The Labute approximate surface area is 190 Å². The number of hydrogen-bond acceptors (Lipinski definition) is 8. The summed E-state index contributed by atoms with van der Waals surface area (Å²) in [5, 5.41) is 0. The summed E-state index contributed by atoms with van der Waals surface area (Å²) in [4.78, 5) is 49.6. The van der Waals surface area contributed by atoms with Crippen molar-refractivity contribution in [2.24, 2.45) is 13.0 Å². The second-order valence-electron chi connectivity index (χ2n) is 9.07. The molecule has 0 spiro atoms. The van der Waals surface area contributed by atoms with Crippen LogP contribution in [0.15, 0.2) is 27.8 Å². The standard InChI is InChI=1S/C23H29N3O7/c1-13(2)10-26-20(24)18(21(29)25(5)22(26)30)15(27)11-32-17(28)12-31-16-8-6-7-14-9-23(3,4)33-19(14)16/h6-8,13H,9-12,24H2,1-5H3. The summed E-state index contributed by atoms with van der Waals surface area (Å²) in [6, 6.07) is 5.41.